The molecule has 2 rings (SSSR count). The van der Waals surface area contributed by atoms with E-state index in [2.05, 4.69) is 5.32 Å². The highest BCUT2D eigenvalue weighted by Gasteiger charge is 2.24. The van der Waals surface area contributed by atoms with E-state index in [1.807, 2.05) is 36.1 Å². The lowest BCUT2D eigenvalue weighted by Gasteiger charge is -2.34. The first-order valence-electron chi connectivity index (χ1n) is 5.41. The molecule has 0 radical (unpaired) electrons. The van der Waals surface area contributed by atoms with Crippen molar-refractivity contribution in [2.45, 2.75) is 13.0 Å². The third-order valence-electron chi connectivity index (χ3n) is 2.82. The Morgan fingerprint density at radius 1 is 1.50 bits per heavy atom. The van der Waals surface area contributed by atoms with Gasteiger partial charge in [0.2, 0.25) is 5.91 Å². The largest absolute Gasteiger partial charge is 0.394 e. The number of amides is 1. The van der Waals surface area contributed by atoms with Crippen molar-refractivity contribution < 1.29 is 9.90 Å². The quantitative estimate of drug-likeness (QED) is 0.753. The molecule has 1 aliphatic heterocycles. The SMILES string of the molecule is Cc1ccccc1N1CC(=O)NC(CO)C1. The third-order valence-corrected chi connectivity index (χ3v) is 2.82. The summed E-state index contributed by atoms with van der Waals surface area (Å²) >= 11 is 0. The fourth-order valence-electron chi connectivity index (χ4n) is 2.03. The van der Waals surface area contributed by atoms with Gasteiger partial charge in [0.15, 0.2) is 0 Å². The van der Waals surface area contributed by atoms with Gasteiger partial charge in [-0.05, 0) is 18.6 Å². The van der Waals surface area contributed by atoms with Crippen LogP contribution in [-0.2, 0) is 4.79 Å². The second kappa shape index (κ2) is 4.53. The summed E-state index contributed by atoms with van der Waals surface area (Å²) in [5, 5.41) is 11.9. The molecule has 4 nitrogen and oxygen atoms in total. The third kappa shape index (κ3) is 2.17. The predicted octanol–water partition coefficient (Wildman–Crippen LogP) is 0.292. The van der Waals surface area contributed by atoms with E-state index in [1.165, 1.54) is 0 Å². The van der Waals surface area contributed by atoms with Gasteiger partial charge in [-0.3, -0.25) is 4.79 Å². The predicted molar refractivity (Wildman–Crippen MR) is 62.4 cm³/mol. The van der Waals surface area contributed by atoms with E-state index in [4.69, 9.17) is 5.11 Å². The summed E-state index contributed by atoms with van der Waals surface area (Å²) in [6, 6.07) is 7.80. The number of rotatable bonds is 2. The van der Waals surface area contributed by atoms with Gasteiger partial charge in [-0.25, -0.2) is 0 Å². The van der Waals surface area contributed by atoms with E-state index >= 15 is 0 Å². The molecule has 1 heterocycles. The van der Waals surface area contributed by atoms with Gasteiger partial charge in [0.25, 0.3) is 0 Å². The molecule has 1 saturated heterocycles. The molecule has 0 saturated carbocycles. The zero-order valence-electron chi connectivity index (χ0n) is 9.31. The summed E-state index contributed by atoms with van der Waals surface area (Å²) in [5.41, 5.74) is 2.21. The average Bonchev–Trinajstić information content (AvgIpc) is 2.28. The van der Waals surface area contributed by atoms with E-state index in [0.29, 0.717) is 13.1 Å². The van der Waals surface area contributed by atoms with Crippen molar-refractivity contribution in [3.8, 4) is 0 Å². The van der Waals surface area contributed by atoms with Crippen LogP contribution in [0.5, 0.6) is 0 Å². The van der Waals surface area contributed by atoms with E-state index in [1.54, 1.807) is 0 Å². The van der Waals surface area contributed by atoms with Gasteiger partial charge < -0.3 is 15.3 Å². The van der Waals surface area contributed by atoms with E-state index in [9.17, 15) is 4.79 Å². The van der Waals surface area contributed by atoms with Crippen molar-refractivity contribution in [3.05, 3.63) is 29.8 Å². The molecule has 1 aromatic carbocycles. The van der Waals surface area contributed by atoms with Gasteiger partial charge in [0, 0.05) is 12.2 Å². The number of hydrogen-bond donors (Lipinski definition) is 2. The van der Waals surface area contributed by atoms with Crippen LogP contribution in [0.15, 0.2) is 24.3 Å². The second-order valence-electron chi connectivity index (χ2n) is 4.11. The standard InChI is InChI=1S/C12H16N2O2/c1-9-4-2-3-5-11(9)14-6-10(8-15)13-12(16)7-14/h2-5,10,15H,6-8H2,1H3,(H,13,16). The number of aryl methyl sites for hydroxylation is 1. The number of carbonyl (C=O) groups is 1. The van der Waals surface area contributed by atoms with Crippen LogP contribution in [0.25, 0.3) is 0 Å². The fraction of sp³-hybridized carbons (Fsp3) is 0.417. The number of aliphatic hydroxyl groups is 1. The molecule has 1 atom stereocenters. The lowest BCUT2D eigenvalue weighted by molar-refractivity contribution is -0.121. The highest BCUT2D eigenvalue weighted by atomic mass is 16.3. The smallest absolute Gasteiger partial charge is 0.239 e. The van der Waals surface area contributed by atoms with Gasteiger partial charge in [0.05, 0.1) is 19.2 Å². The van der Waals surface area contributed by atoms with Crippen LogP contribution in [0.4, 0.5) is 5.69 Å². The lowest BCUT2D eigenvalue weighted by Crippen LogP contribution is -2.55. The van der Waals surface area contributed by atoms with E-state index in [-0.39, 0.29) is 18.6 Å². The van der Waals surface area contributed by atoms with Crippen LogP contribution in [0.3, 0.4) is 0 Å². The van der Waals surface area contributed by atoms with Crippen LogP contribution in [0.2, 0.25) is 0 Å². The van der Waals surface area contributed by atoms with Gasteiger partial charge in [-0.15, -0.1) is 0 Å². The van der Waals surface area contributed by atoms with Crippen LogP contribution < -0.4 is 10.2 Å². The maximum absolute atomic E-state index is 11.5. The maximum Gasteiger partial charge on any atom is 0.239 e. The number of nitrogens with zero attached hydrogens (tertiary/aromatic N) is 1. The van der Waals surface area contributed by atoms with Crippen molar-refractivity contribution in [1.29, 1.82) is 0 Å². The van der Waals surface area contributed by atoms with Gasteiger partial charge in [-0.1, -0.05) is 18.2 Å². The van der Waals surface area contributed by atoms with Crippen LogP contribution >= 0.6 is 0 Å². The van der Waals surface area contributed by atoms with Crippen molar-refractivity contribution in [1.82, 2.24) is 5.32 Å². The molecule has 0 aliphatic carbocycles. The molecule has 1 unspecified atom stereocenters. The first-order valence-corrected chi connectivity index (χ1v) is 5.41. The summed E-state index contributed by atoms with van der Waals surface area (Å²) in [6.07, 6.45) is 0. The normalized spacial score (nSPS) is 20.8. The summed E-state index contributed by atoms with van der Waals surface area (Å²) in [6.45, 7) is 3.03. The highest BCUT2D eigenvalue weighted by Crippen LogP contribution is 2.20. The highest BCUT2D eigenvalue weighted by molar-refractivity contribution is 5.83. The topological polar surface area (TPSA) is 52.6 Å². The zero-order chi connectivity index (χ0) is 11.5. The molecule has 2 N–H and O–H groups in total. The number of anilines is 1. The molecule has 86 valence electrons. The molecule has 1 amide bonds. The number of hydrogen-bond acceptors (Lipinski definition) is 3. The number of piperazine rings is 1. The average molecular weight is 220 g/mol. The molecule has 0 aromatic heterocycles. The molecule has 0 bridgehead atoms. The number of para-hydroxylation sites is 1. The molecule has 4 heteroatoms. The summed E-state index contributed by atoms with van der Waals surface area (Å²) < 4.78 is 0. The Morgan fingerprint density at radius 2 is 2.25 bits per heavy atom. The minimum Gasteiger partial charge on any atom is -0.394 e. The molecule has 0 spiro atoms. The Balaban J connectivity index is 2.21. The summed E-state index contributed by atoms with van der Waals surface area (Å²) in [4.78, 5) is 13.5. The molecule has 1 fully saturated rings. The van der Waals surface area contributed by atoms with Crippen molar-refractivity contribution >= 4 is 11.6 Å². The Morgan fingerprint density at radius 3 is 2.94 bits per heavy atom. The zero-order valence-corrected chi connectivity index (χ0v) is 9.31. The molecular weight excluding hydrogens is 204 g/mol. The van der Waals surface area contributed by atoms with Gasteiger partial charge >= 0.3 is 0 Å². The van der Waals surface area contributed by atoms with E-state index < -0.39 is 0 Å². The Kier molecular flexibility index (Phi) is 3.10. The minimum atomic E-state index is -0.166. The molecular formula is C12H16N2O2. The fourth-order valence-corrected chi connectivity index (χ4v) is 2.03. The molecule has 1 aliphatic rings. The first kappa shape index (κ1) is 11.0. The minimum absolute atomic E-state index is 0.0197. The molecule has 1 aromatic rings. The van der Waals surface area contributed by atoms with Crippen LogP contribution in [-0.4, -0.2) is 36.8 Å². The lowest BCUT2D eigenvalue weighted by atomic mass is 10.1. The first-order chi connectivity index (χ1) is 7.70. The number of carbonyl (C=O) groups excluding carboxylic acids is 1. The number of nitrogens with one attached hydrogen (secondary N) is 1. The monoisotopic (exact) mass is 220 g/mol. The van der Waals surface area contributed by atoms with Crippen molar-refractivity contribution in [2.24, 2.45) is 0 Å². The molecule has 16 heavy (non-hydrogen) atoms. The summed E-state index contributed by atoms with van der Waals surface area (Å²) in [7, 11) is 0. The van der Waals surface area contributed by atoms with E-state index in [0.717, 1.165) is 11.3 Å². The van der Waals surface area contributed by atoms with Gasteiger partial charge in [0.1, 0.15) is 0 Å². The van der Waals surface area contributed by atoms with Crippen LogP contribution in [0, 0.1) is 6.92 Å². The number of aliphatic hydroxyl groups excluding tert-OH is 1. The van der Waals surface area contributed by atoms with Crippen molar-refractivity contribution in [3.63, 3.8) is 0 Å². The maximum atomic E-state index is 11.5. The van der Waals surface area contributed by atoms with Crippen molar-refractivity contribution in [2.75, 3.05) is 24.6 Å². The Bertz CT molecular complexity index is 392. The Hall–Kier alpha value is -1.55. The second-order valence-corrected chi connectivity index (χ2v) is 4.11. The number of benzene rings is 1. The van der Waals surface area contributed by atoms with Crippen LogP contribution in [0.1, 0.15) is 5.56 Å². The Labute approximate surface area is 94.9 Å². The van der Waals surface area contributed by atoms with Gasteiger partial charge in [-0.2, -0.15) is 0 Å². The summed E-state index contributed by atoms with van der Waals surface area (Å²) in [5.74, 6) is -0.0337.